The van der Waals surface area contributed by atoms with Gasteiger partial charge >= 0.3 is 10.2 Å². The Kier molecular flexibility index (Phi) is 5.11. The maximum absolute atomic E-state index is 12.4. The third-order valence-electron chi connectivity index (χ3n) is 5.74. The number of hydrogen-bond donors (Lipinski definition) is 2. The highest BCUT2D eigenvalue weighted by molar-refractivity contribution is 7.88. The fourth-order valence-electron chi connectivity index (χ4n) is 4.15. The van der Waals surface area contributed by atoms with Crippen molar-refractivity contribution >= 4 is 22.0 Å². The molecule has 1 saturated carbocycles. The molecule has 2 aliphatic carbocycles. The fourth-order valence-corrected chi connectivity index (χ4v) is 5.05. The third kappa shape index (κ3) is 4.34. The lowest BCUT2D eigenvalue weighted by molar-refractivity contribution is -0.133. The minimum atomic E-state index is -3.78. The van der Waals surface area contributed by atoms with E-state index in [1.165, 1.54) is 12.8 Å². The number of likely N-dealkylation sites (tertiary alicyclic amines) is 1. The zero-order chi connectivity index (χ0) is 19.9. The first kappa shape index (κ1) is 19.3. The van der Waals surface area contributed by atoms with E-state index in [4.69, 9.17) is 10.5 Å². The van der Waals surface area contributed by atoms with Crippen molar-refractivity contribution in [3.8, 4) is 0 Å². The van der Waals surface area contributed by atoms with Crippen LogP contribution in [-0.2, 0) is 19.7 Å². The number of nitrogens with one attached hydrogen (secondary N) is 1. The Bertz CT molecular complexity index is 857. The van der Waals surface area contributed by atoms with Crippen LogP contribution < -0.4 is 10.5 Å². The highest BCUT2D eigenvalue weighted by Gasteiger charge is 2.33. The van der Waals surface area contributed by atoms with Gasteiger partial charge in [0.2, 0.25) is 5.91 Å². The summed E-state index contributed by atoms with van der Waals surface area (Å²) < 4.78 is 35.7. The quantitative estimate of drug-likeness (QED) is 0.714. The number of rotatable bonds is 5. The van der Waals surface area contributed by atoms with Crippen LogP contribution in [0.25, 0.3) is 0 Å². The van der Waals surface area contributed by atoms with E-state index in [0.717, 1.165) is 25.9 Å². The SMILES string of the molecule is CC1C=C(OC[C@H]2CCCN(C(=O)CC3CC3)C2)C2=C(C1)NS(=O)(=O)N=C2N. The molecule has 1 amide bonds. The molecule has 4 aliphatic rings. The van der Waals surface area contributed by atoms with E-state index in [1.54, 1.807) is 0 Å². The summed E-state index contributed by atoms with van der Waals surface area (Å²) in [6.45, 7) is 4.03. The normalized spacial score (nSPS) is 29.4. The first-order chi connectivity index (χ1) is 13.3. The summed E-state index contributed by atoms with van der Waals surface area (Å²) in [6, 6.07) is 0. The average molecular weight is 409 g/mol. The molecule has 1 saturated heterocycles. The first-order valence-corrected chi connectivity index (χ1v) is 11.5. The van der Waals surface area contributed by atoms with Crippen LogP contribution in [0.3, 0.4) is 0 Å². The van der Waals surface area contributed by atoms with E-state index >= 15 is 0 Å². The molecule has 0 radical (unpaired) electrons. The average Bonchev–Trinajstić information content (AvgIpc) is 3.42. The molecule has 1 unspecified atom stereocenters. The highest BCUT2D eigenvalue weighted by Crippen LogP contribution is 2.34. The van der Waals surface area contributed by atoms with E-state index in [2.05, 4.69) is 9.12 Å². The van der Waals surface area contributed by atoms with Gasteiger partial charge in [-0.3, -0.25) is 9.52 Å². The Morgan fingerprint density at radius 2 is 2.14 bits per heavy atom. The molecule has 9 heteroatoms. The minimum Gasteiger partial charge on any atom is -0.493 e. The lowest BCUT2D eigenvalue weighted by Crippen LogP contribution is -2.41. The molecule has 0 aromatic heterocycles. The van der Waals surface area contributed by atoms with Crippen LogP contribution in [0.4, 0.5) is 0 Å². The van der Waals surface area contributed by atoms with Gasteiger partial charge in [-0.1, -0.05) is 6.92 Å². The topological polar surface area (TPSA) is 114 Å². The number of piperidine rings is 1. The van der Waals surface area contributed by atoms with Crippen LogP contribution in [0.5, 0.6) is 0 Å². The van der Waals surface area contributed by atoms with Crippen LogP contribution in [0.15, 0.2) is 27.5 Å². The van der Waals surface area contributed by atoms with Gasteiger partial charge in [0.25, 0.3) is 0 Å². The van der Waals surface area contributed by atoms with Gasteiger partial charge in [-0.05, 0) is 50.0 Å². The number of hydrogen-bond acceptors (Lipinski definition) is 5. The second-order valence-corrected chi connectivity index (χ2v) is 9.76. The van der Waals surface area contributed by atoms with E-state index < -0.39 is 10.2 Å². The number of amidine groups is 1. The van der Waals surface area contributed by atoms with Gasteiger partial charge < -0.3 is 15.4 Å². The number of carbonyl (C=O) groups is 1. The third-order valence-corrected chi connectivity index (χ3v) is 6.68. The molecule has 2 atom stereocenters. The molecule has 2 heterocycles. The zero-order valence-electron chi connectivity index (χ0n) is 16.2. The van der Waals surface area contributed by atoms with Gasteiger partial charge in [0.15, 0.2) is 5.84 Å². The van der Waals surface area contributed by atoms with Crippen molar-refractivity contribution in [2.24, 2.45) is 27.9 Å². The highest BCUT2D eigenvalue weighted by atomic mass is 32.2. The molecule has 4 rings (SSSR count). The number of nitrogens with zero attached hydrogens (tertiary/aromatic N) is 2. The summed E-state index contributed by atoms with van der Waals surface area (Å²) >= 11 is 0. The predicted molar refractivity (Wildman–Crippen MR) is 105 cm³/mol. The number of allylic oxidation sites excluding steroid dienone is 2. The molecule has 2 aliphatic heterocycles. The van der Waals surface area contributed by atoms with Gasteiger partial charge in [-0.25, -0.2) is 0 Å². The van der Waals surface area contributed by atoms with Crippen LogP contribution in [-0.4, -0.2) is 44.8 Å². The number of ether oxygens (including phenoxy) is 1. The van der Waals surface area contributed by atoms with E-state index in [0.29, 0.717) is 42.4 Å². The maximum atomic E-state index is 12.4. The van der Waals surface area contributed by atoms with Crippen LogP contribution in [0, 0.1) is 17.8 Å². The monoisotopic (exact) mass is 408 g/mol. The summed E-state index contributed by atoms with van der Waals surface area (Å²) in [6.07, 6.45) is 7.56. The summed E-state index contributed by atoms with van der Waals surface area (Å²) in [5.41, 5.74) is 7.01. The molecule has 8 nitrogen and oxygen atoms in total. The second kappa shape index (κ2) is 7.42. The van der Waals surface area contributed by atoms with Crippen LogP contribution >= 0.6 is 0 Å². The Hall–Kier alpha value is -2.03. The first-order valence-electron chi connectivity index (χ1n) is 10.0. The van der Waals surface area contributed by atoms with Crippen molar-refractivity contribution in [2.75, 3.05) is 19.7 Å². The molecular formula is C19H28N4O4S. The van der Waals surface area contributed by atoms with Gasteiger partial charge in [0.05, 0.1) is 12.2 Å². The second-order valence-electron chi connectivity index (χ2n) is 8.43. The molecule has 0 spiro atoms. The standard InChI is InChI=1S/C19H28N4O4S/c1-12-7-15-18(19(20)22-28(25,26)21-15)16(8-12)27-11-14-3-2-6-23(10-14)17(24)9-13-4-5-13/h8,12-14,21H,2-7,9-11H2,1H3,(H2,20,22)/t12?,14-/m0/s1. The molecular weight excluding hydrogens is 380 g/mol. The predicted octanol–water partition coefficient (Wildman–Crippen LogP) is 1.42. The number of amides is 1. The van der Waals surface area contributed by atoms with Gasteiger partial charge in [0.1, 0.15) is 5.76 Å². The molecule has 0 aromatic rings. The molecule has 2 fully saturated rings. The van der Waals surface area contributed by atoms with Crippen molar-refractivity contribution in [1.82, 2.24) is 9.62 Å². The van der Waals surface area contributed by atoms with Crippen LogP contribution in [0.2, 0.25) is 0 Å². The minimum absolute atomic E-state index is 0.0308. The van der Waals surface area contributed by atoms with E-state index in [9.17, 15) is 13.2 Å². The molecule has 0 bridgehead atoms. The molecule has 0 aromatic carbocycles. The summed E-state index contributed by atoms with van der Waals surface area (Å²) in [5.74, 6) is 1.81. The summed E-state index contributed by atoms with van der Waals surface area (Å²) in [5, 5.41) is 0. The smallest absolute Gasteiger partial charge is 0.344 e. The molecule has 3 N–H and O–H groups in total. The van der Waals surface area contributed by atoms with Gasteiger partial charge in [0, 0.05) is 31.1 Å². The fraction of sp³-hybridized carbons (Fsp3) is 0.684. The Balaban J connectivity index is 1.40. The van der Waals surface area contributed by atoms with Gasteiger partial charge in [-0.2, -0.15) is 8.42 Å². The number of nitrogens with two attached hydrogens (primary N) is 1. The summed E-state index contributed by atoms with van der Waals surface area (Å²) in [7, 11) is -3.78. The molecule has 28 heavy (non-hydrogen) atoms. The van der Waals surface area contributed by atoms with Crippen molar-refractivity contribution in [3.05, 3.63) is 23.1 Å². The summed E-state index contributed by atoms with van der Waals surface area (Å²) in [4.78, 5) is 14.4. The lowest BCUT2D eigenvalue weighted by atomic mass is 9.93. The Morgan fingerprint density at radius 1 is 1.36 bits per heavy atom. The van der Waals surface area contributed by atoms with Crippen molar-refractivity contribution in [1.29, 1.82) is 0 Å². The maximum Gasteiger partial charge on any atom is 0.344 e. The Morgan fingerprint density at radius 3 is 2.89 bits per heavy atom. The number of carbonyl (C=O) groups excluding carboxylic acids is 1. The van der Waals surface area contributed by atoms with E-state index in [1.807, 2.05) is 17.9 Å². The van der Waals surface area contributed by atoms with Crippen LogP contribution in [0.1, 0.15) is 45.4 Å². The largest absolute Gasteiger partial charge is 0.493 e. The van der Waals surface area contributed by atoms with Gasteiger partial charge in [-0.15, -0.1) is 4.40 Å². The van der Waals surface area contributed by atoms with Crippen molar-refractivity contribution in [2.45, 2.75) is 45.4 Å². The van der Waals surface area contributed by atoms with E-state index in [-0.39, 0.29) is 23.6 Å². The molecule has 154 valence electrons. The van der Waals surface area contributed by atoms with Crippen molar-refractivity contribution < 1.29 is 17.9 Å². The lowest BCUT2D eigenvalue weighted by Gasteiger charge is -2.34. The zero-order valence-corrected chi connectivity index (χ0v) is 17.0. The Labute approximate surface area is 166 Å². The van der Waals surface area contributed by atoms with Crippen molar-refractivity contribution in [3.63, 3.8) is 0 Å².